The summed E-state index contributed by atoms with van der Waals surface area (Å²) in [4.78, 5) is 2.40. The number of hydrogen-bond acceptors (Lipinski definition) is 2. The molecule has 0 spiro atoms. The molecule has 0 saturated carbocycles. The molecule has 9 aromatic carbocycles. The maximum Gasteiger partial charge on any atom is 0.143 e. The highest BCUT2D eigenvalue weighted by atomic mass is 16.3. The van der Waals surface area contributed by atoms with Gasteiger partial charge in [0.2, 0.25) is 0 Å². The number of fused-ring (bicyclic) bond motifs is 8. The molecule has 0 atom stereocenters. The second-order valence-corrected chi connectivity index (χ2v) is 15.7. The Morgan fingerprint density at radius 2 is 0.947 bits per heavy atom. The highest BCUT2D eigenvalue weighted by Gasteiger charge is 2.35. The van der Waals surface area contributed by atoms with Gasteiger partial charge in [-0.25, -0.2) is 0 Å². The average molecular weight is 730 g/mol. The van der Waals surface area contributed by atoms with Gasteiger partial charge in [-0.15, -0.1) is 0 Å². The maximum absolute atomic E-state index is 6.60. The summed E-state index contributed by atoms with van der Waals surface area (Å²) in [6.07, 6.45) is 0. The Hall–Kier alpha value is -7.16. The topological polar surface area (TPSA) is 16.4 Å². The second kappa shape index (κ2) is 13.0. The summed E-state index contributed by atoms with van der Waals surface area (Å²) in [6.45, 7) is 4.70. The summed E-state index contributed by atoms with van der Waals surface area (Å²) in [5.74, 6) is 0. The van der Waals surface area contributed by atoms with E-state index in [1.165, 1.54) is 49.9 Å². The van der Waals surface area contributed by atoms with Crippen molar-refractivity contribution in [3.8, 4) is 44.5 Å². The third kappa shape index (κ3) is 5.40. The molecule has 2 heteroatoms. The highest BCUT2D eigenvalue weighted by molar-refractivity contribution is 6.19. The SMILES string of the molecule is CC1(C)c2ccccc2-c2ccc(N(c3ccc(-c4ccc5oc6c7ccccc7c(-c7ccccc7)cc6c5c4)cc3)c3cccc(-c4ccccc4)c3)cc21. The van der Waals surface area contributed by atoms with Gasteiger partial charge in [-0.1, -0.05) is 159 Å². The monoisotopic (exact) mass is 729 g/mol. The molecule has 0 bridgehead atoms. The van der Waals surface area contributed by atoms with Crippen molar-refractivity contribution in [3.05, 3.63) is 211 Å². The standard InChI is InChI=1S/C55H39NO/c1-55(2)51-23-12-11-21-45(51)46-30-29-43(34-52(46)55)56(42-19-13-18-39(32-42)36-14-5-3-6-15-36)41-27-24-37(25-28-41)40-26-31-53-49(33-40)50-35-48(38-16-7-4-8-17-38)44-20-9-10-22-47(44)54(50)57-53/h3-35H,1-2H3. The van der Waals surface area contributed by atoms with Crippen molar-refractivity contribution in [2.75, 3.05) is 4.90 Å². The van der Waals surface area contributed by atoms with Crippen molar-refractivity contribution in [2.24, 2.45) is 0 Å². The van der Waals surface area contributed by atoms with E-state index in [0.717, 1.165) is 55.5 Å². The molecule has 0 radical (unpaired) electrons. The number of anilines is 3. The smallest absolute Gasteiger partial charge is 0.143 e. The summed E-state index contributed by atoms with van der Waals surface area (Å²) >= 11 is 0. The molecule has 10 aromatic rings. The summed E-state index contributed by atoms with van der Waals surface area (Å²) in [5, 5.41) is 4.58. The zero-order chi connectivity index (χ0) is 38.1. The quantitative estimate of drug-likeness (QED) is 0.169. The van der Waals surface area contributed by atoms with Crippen LogP contribution in [0.4, 0.5) is 17.1 Å². The third-order valence-electron chi connectivity index (χ3n) is 12.1. The van der Waals surface area contributed by atoms with E-state index in [2.05, 4.69) is 219 Å². The minimum absolute atomic E-state index is 0.104. The predicted octanol–water partition coefficient (Wildman–Crippen LogP) is 15.5. The lowest BCUT2D eigenvalue weighted by Crippen LogP contribution is -2.16. The van der Waals surface area contributed by atoms with Gasteiger partial charge in [0, 0.05) is 38.6 Å². The van der Waals surface area contributed by atoms with Gasteiger partial charge in [0.1, 0.15) is 11.2 Å². The Kier molecular flexibility index (Phi) is 7.55. The number of hydrogen-bond donors (Lipinski definition) is 0. The lowest BCUT2D eigenvalue weighted by Gasteiger charge is -2.28. The highest BCUT2D eigenvalue weighted by Crippen LogP contribution is 2.51. The van der Waals surface area contributed by atoms with Crippen molar-refractivity contribution in [2.45, 2.75) is 19.3 Å². The summed E-state index contributed by atoms with van der Waals surface area (Å²) in [7, 11) is 0. The molecule has 0 unspecified atom stereocenters. The van der Waals surface area contributed by atoms with Gasteiger partial charge in [-0.3, -0.25) is 0 Å². The van der Waals surface area contributed by atoms with E-state index in [-0.39, 0.29) is 5.41 Å². The first-order valence-corrected chi connectivity index (χ1v) is 19.8. The molecule has 1 heterocycles. The third-order valence-corrected chi connectivity index (χ3v) is 12.1. The van der Waals surface area contributed by atoms with Crippen LogP contribution in [0.15, 0.2) is 205 Å². The molecule has 1 aromatic heterocycles. The molecule has 0 aliphatic heterocycles. The van der Waals surface area contributed by atoms with E-state index in [9.17, 15) is 0 Å². The molecule has 0 N–H and O–H groups in total. The van der Waals surface area contributed by atoms with Gasteiger partial charge in [-0.2, -0.15) is 0 Å². The predicted molar refractivity (Wildman–Crippen MR) is 240 cm³/mol. The van der Waals surface area contributed by atoms with Crippen LogP contribution in [0, 0.1) is 0 Å². The van der Waals surface area contributed by atoms with Gasteiger partial charge in [0.25, 0.3) is 0 Å². The van der Waals surface area contributed by atoms with E-state index < -0.39 is 0 Å². The first-order chi connectivity index (χ1) is 28.0. The van der Waals surface area contributed by atoms with Crippen LogP contribution in [-0.2, 0) is 5.41 Å². The van der Waals surface area contributed by atoms with Crippen molar-refractivity contribution in [1.82, 2.24) is 0 Å². The van der Waals surface area contributed by atoms with Gasteiger partial charge >= 0.3 is 0 Å². The van der Waals surface area contributed by atoms with Crippen LogP contribution in [-0.4, -0.2) is 0 Å². The molecular formula is C55H39NO. The Balaban J connectivity index is 1.03. The van der Waals surface area contributed by atoms with Crippen LogP contribution in [0.1, 0.15) is 25.0 Å². The van der Waals surface area contributed by atoms with E-state index in [0.29, 0.717) is 0 Å². The van der Waals surface area contributed by atoms with E-state index in [1.54, 1.807) is 0 Å². The van der Waals surface area contributed by atoms with Crippen molar-refractivity contribution >= 4 is 49.8 Å². The van der Waals surface area contributed by atoms with Crippen LogP contribution < -0.4 is 4.90 Å². The largest absolute Gasteiger partial charge is 0.455 e. The number of benzene rings is 9. The van der Waals surface area contributed by atoms with Gasteiger partial charge in [-0.05, 0) is 116 Å². The van der Waals surface area contributed by atoms with Crippen molar-refractivity contribution in [3.63, 3.8) is 0 Å². The molecule has 0 saturated heterocycles. The Morgan fingerprint density at radius 3 is 1.75 bits per heavy atom. The second-order valence-electron chi connectivity index (χ2n) is 15.7. The summed E-state index contributed by atoms with van der Waals surface area (Å²) < 4.78 is 6.60. The first kappa shape index (κ1) is 33.2. The Bertz CT molecular complexity index is 3140. The van der Waals surface area contributed by atoms with Crippen LogP contribution in [0.2, 0.25) is 0 Å². The van der Waals surface area contributed by atoms with Crippen LogP contribution in [0.5, 0.6) is 0 Å². The van der Waals surface area contributed by atoms with Crippen molar-refractivity contribution in [1.29, 1.82) is 0 Å². The summed E-state index contributed by atoms with van der Waals surface area (Å²) in [6, 6.07) is 72.6. The molecule has 57 heavy (non-hydrogen) atoms. The van der Waals surface area contributed by atoms with Crippen molar-refractivity contribution < 1.29 is 4.42 Å². The molecular weight excluding hydrogens is 691 g/mol. The van der Waals surface area contributed by atoms with E-state index >= 15 is 0 Å². The first-order valence-electron chi connectivity index (χ1n) is 19.8. The number of rotatable bonds is 6. The summed E-state index contributed by atoms with van der Waals surface area (Å²) in [5.41, 5.74) is 17.6. The molecule has 2 nitrogen and oxygen atoms in total. The molecule has 1 aliphatic rings. The van der Waals surface area contributed by atoms with Gasteiger partial charge in [0.05, 0.1) is 0 Å². The zero-order valence-electron chi connectivity index (χ0n) is 31.9. The zero-order valence-corrected chi connectivity index (χ0v) is 31.9. The Labute approximate surface area is 332 Å². The maximum atomic E-state index is 6.60. The van der Waals surface area contributed by atoms with E-state index in [1.807, 2.05) is 0 Å². The number of nitrogens with zero attached hydrogens (tertiary/aromatic N) is 1. The van der Waals surface area contributed by atoms with Crippen LogP contribution in [0.3, 0.4) is 0 Å². The Morgan fingerprint density at radius 1 is 0.351 bits per heavy atom. The molecule has 0 amide bonds. The molecule has 11 rings (SSSR count). The fourth-order valence-electron chi connectivity index (χ4n) is 9.17. The number of furan rings is 1. The lowest BCUT2D eigenvalue weighted by atomic mass is 9.82. The van der Waals surface area contributed by atoms with E-state index in [4.69, 9.17) is 4.42 Å². The normalized spacial score (nSPS) is 12.9. The minimum atomic E-state index is -0.104. The molecule has 1 aliphatic carbocycles. The van der Waals surface area contributed by atoms with Gasteiger partial charge < -0.3 is 9.32 Å². The van der Waals surface area contributed by atoms with Crippen LogP contribution in [0.25, 0.3) is 77.2 Å². The average Bonchev–Trinajstić information content (AvgIpc) is 3.75. The molecule has 270 valence electrons. The van der Waals surface area contributed by atoms with Gasteiger partial charge in [0.15, 0.2) is 0 Å². The molecule has 0 fully saturated rings. The fourth-order valence-corrected chi connectivity index (χ4v) is 9.17. The van der Waals surface area contributed by atoms with Crippen LogP contribution >= 0.6 is 0 Å². The lowest BCUT2D eigenvalue weighted by molar-refractivity contribution is 0.660. The minimum Gasteiger partial charge on any atom is -0.455 e. The fraction of sp³-hybridized carbons (Fsp3) is 0.0545.